The Morgan fingerprint density at radius 2 is 2.13 bits per heavy atom. The van der Waals surface area contributed by atoms with E-state index in [4.69, 9.17) is 16.3 Å². The smallest absolute Gasteiger partial charge is 0.221 e. The van der Waals surface area contributed by atoms with Gasteiger partial charge in [-0.25, -0.2) is 0 Å². The molecular formula is C9H12NO4S-. The number of carbonyl (C=O) groups is 3. The summed E-state index contributed by atoms with van der Waals surface area (Å²) in [6, 6.07) is -0.501. The molecule has 0 aromatic carbocycles. The third kappa shape index (κ3) is 12.5. The fraction of sp³-hybridized carbons (Fsp3) is 0.444. The molecule has 5 nitrogen and oxygen atoms in total. The molecule has 0 heterocycles. The zero-order chi connectivity index (χ0) is 12.1. The van der Waals surface area contributed by atoms with Crippen molar-refractivity contribution in [1.29, 1.82) is 0 Å². The third-order valence-corrected chi connectivity index (χ3v) is 1.60. The number of aldehydes is 1. The number of carbonyl (C=O) groups excluding carboxylic acids is 3. The molecule has 1 unspecified atom stereocenters. The number of nitrogens with one attached hydrogen (secondary N) is 1. The zero-order valence-electron chi connectivity index (χ0n) is 8.01. The Bertz CT molecular complexity index is 237. The van der Waals surface area contributed by atoms with E-state index in [0.717, 1.165) is 0 Å². The van der Waals surface area contributed by atoms with Crippen molar-refractivity contribution in [3.05, 3.63) is 0 Å². The first-order valence-electron chi connectivity index (χ1n) is 4.00. The lowest BCUT2D eigenvalue weighted by Gasteiger charge is -2.08. The van der Waals surface area contributed by atoms with Gasteiger partial charge in [0.15, 0.2) is 0 Å². The summed E-state index contributed by atoms with van der Waals surface area (Å²) in [5.74, 6) is 2.44. The molecule has 1 atom stereocenters. The molecule has 15 heavy (non-hydrogen) atoms. The van der Waals surface area contributed by atoms with Crippen molar-refractivity contribution in [1.82, 2.24) is 5.32 Å². The zero-order valence-corrected chi connectivity index (χ0v) is 8.91. The van der Waals surface area contributed by atoms with Gasteiger partial charge < -0.3 is 20.0 Å². The van der Waals surface area contributed by atoms with E-state index in [1.807, 2.05) is 0 Å². The molecule has 0 aromatic rings. The summed E-state index contributed by atoms with van der Waals surface area (Å²) in [7, 11) is 0. The maximum absolute atomic E-state index is 10.9. The van der Waals surface area contributed by atoms with E-state index in [1.165, 1.54) is 0 Å². The van der Waals surface area contributed by atoms with Crippen LogP contribution in [0.4, 0.5) is 0 Å². The molecule has 1 N–H and O–H groups in total. The molecule has 0 rings (SSSR count). The van der Waals surface area contributed by atoms with Gasteiger partial charge in [0, 0.05) is 25.1 Å². The molecule has 0 saturated carbocycles. The summed E-state index contributed by atoms with van der Waals surface area (Å²) >= 11 is 3.88. The lowest BCUT2D eigenvalue weighted by molar-refractivity contribution is -0.283. The highest BCUT2D eigenvalue weighted by molar-refractivity contribution is 7.80. The number of rotatable bonds is 5. The van der Waals surface area contributed by atoms with Crippen LogP contribution in [0.3, 0.4) is 0 Å². The van der Waals surface area contributed by atoms with Crippen molar-refractivity contribution in [3.8, 4) is 12.3 Å². The average molecular weight is 230 g/mol. The topological polar surface area (TPSA) is 86.3 Å². The van der Waals surface area contributed by atoms with E-state index >= 15 is 0 Å². The number of carboxylic acid groups (broad SMARTS) is 1. The maximum Gasteiger partial charge on any atom is 0.221 e. The van der Waals surface area contributed by atoms with Gasteiger partial charge >= 0.3 is 0 Å². The van der Waals surface area contributed by atoms with Crippen molar-refractivity contribution in [2.75, 3.05) is 5.75 Å². The first-order chi connectivity index (χ1) is 7.15. The Morgan fingerprint density at radius 1 is 1.60 bits per heavy atom. The van der Waals surface area contributed by atoms with Gasteiger partial charge in [0.05, 0.1) is 6.04 Å². The Balaban J connectivity index is 0. The van der Waals surface area contributed by atoms with Crippen molar-refractivity contribution in [3.63, 3.8) is 0 Å². The molecule has 0 spiro atoms. The largest absolute Gasteiger partial charge is 0.554 e. The summed E-state index contributed by atoms with van der Waals surface area (Å²) < 4.78 is 0. The van der Waals surface area contributed by atoms with Gasteiger partial charge in [-0.05, 0) is 0 Å². The highest BCUT2D eigenvalue weighted by Crippen LogP contribution is 1.89. The van der Waals surface area contributed by atoms with Crippen molar-refractivity contribution in [2.24, 2.45) is 0 Å². The normalized spacial score (nSPS) is 9.87. The minimum Gasteiger partial charge on any atom is -0.554 e. The fourth-order valence-corrected chi connectivity index (χ4v) is 0.765. The minimum absolute atomic E-state index is 0.209. The Kier molecular flexibility index (Phi) is 13.3. The molecule has 0 radical (unpaired) electrons. The van der Waals surface area contributed by atoms with E-state index in [0.29, 0.717) is 18.5 Å². The van der Waals surface area contributed by atoms with Gasteiger partial charge in [-0.2, -0.15) is 12.6 Å². The summed E-state index contributed by atoms with van der Waals surface area (Å²) in [4.78, 5) is 29.4. The van der Waals surface area contributed by atoms with E-state index in [2.05, 4.69) is 23.9 Å². The molecule has 0 aromatic heterocycles. The van der Waals surface area contributed by atoms with Crippen LogP contribution in [0.1, 0.15) is 12.8 Å². The predicted octanol–water partition coefficient (Wildman–Crippen LogP) is -1.62. The second kappa shape index (κ2) is 12.5. The third-order valence-electron chi connectivity index (χ3n) is 1.20. The van der Waals surface area contributed by atoms with Crippen LogP contribution >= 0.6 is 12.6 Å². The van der Waals surface area contributed by atoms with E-state index in [9.17, 15) is 9.59 Å². The lowest BCUT2D eigenvalue weighted by Crippen LogP contribution is -2.37. The highest BCUT2D eigenvalue weighted by atomic mass is 32.1. The van der Waals surface area contributed by atoms with Crippen LogP contribution in [0.15, 0.2) is 0 Å². The summed E-state index contributed by atoms with van der Waals surface area (Å²) in [5, 5.41) is 10.7. The standard InChI is InChI=1S/C8H11NO2S.CH2O2/c1-2-3-4-8(11)9-7(5-10)6-12;2-1-3/h1,5,7,12H,3-4,6H2,(H,9,11);1H,(H,2,3)/p-1. The number of thiol groups is 1. The van der Waals surface area contributed by atoms with Gasteiger partial charge in [-0.3, -0.25) is 4.79 Å². The molecule has 0 aliphatic rings. The molecule has 0 fully saturated rings. The second-order valence-corrected chi connectivity index (χ2v) is 2.66. The second-order valence-electron chi connectivity index (χ2n) is 2.29. The fourth-order valence-electron chi connectivity index (χ4n) is 0.587. The highest BCUT2D eigenvalue weighted by Gasteiger charge is 2.07. The summed E-state index contributed by atoms with van der Waals surface area (Å²) in [5.41, 5.74) is 0. The molecule has 84 valence electrons. The van der Waals surface area contributed by atoms with Crippen LogP contribution in [0.2, 0.25) is 0 Å². The number of hydrogen-bond acceptors (Lipinski definition) is 5. The minimum atomic E-state index is -0.501. The number of terminal acetylenes is 1. The van der Waals surface area contributed by atoms with Crippen LogP contribution in [-0.2, 0) is 14.4 Å². The van der Waals surface area contributed by atoms with Crippen LogP contribution in [0.25, 0.3) is 0 Å². The van der Waals surface area contributed by atoms with Crippen LogP contribution in [0.5, 0.6) is 0 Å². The maximum atomic E-state index is 10.9. The van der Waals surface area contributed by atoms with Gasteiger partial charge in [0.1, 0.15) is 6.29 Å². The monoisotopic (exact) mass is 230 g/mol. The Morgan fingerprint density at radius 3 is 2.47 bits per heavy atom. The van der Waals surface area contributed by atoms with Crippen molar-refractivity contribution in [2.45, 2.75) is 18.9 Å². The van der Waals surface area contributed by atoms with Crippen molar-refractivity contribution < 1.29 is 19.5 Å². The van der Waals surface area contributed by atoms with E-state index in [1.54, 1.807) is 0 Å². The van der Waals surface area contributed by atoms with Gasteiger partial charge in [-0.1, -0.05) is 0 Å². The molecule has 0 bridgehead atoms. The van der Waals surface area contributed by atoms with Gasteiger partial charge in [0.25, 0.3) is 0 Å². The molecule has 6 heteroatoms. The van der Waals surface area contributed by atoms with E-state index < -0.39 is 12.5 Å². The molecule has 1 amide bonds. The quantitative estimate of drug-likeness (QED) is 0.337. The van der Waals surface area contributed by atoms with Gasteiger partial charge in [-0.15, -0.1) is 12.3 Å². The average Bonchev–Trinajstić information content (AvgIpc) is 2.24. The van der Waals surface area contributed by atoms with Crippen LogP contribution in [0, 0.1) is 12.3 Å². The number of amides is 1. The molecule has 0 aliphatic heterocycles. The first kappa shape index (κ1) is 16.0. The summed E-state index contributed by atoms with van der Waals surface area (Å²) in [6.07, 6.45) is 6.26. The Hall–Kier alpha value is -1.48. The van der Waals surface area contributed by atoms with Gasteiger partial charge in [0.2, 0.25) is 5.91 Å². The SMILES string of the molecule is C#CCCC(=O)NC(C=O)CS.O=C[O-]. The summed E-state index contributed by atoms with van der Waals surface area (Å²) in [6.45, 7) is -0.500. The van der Waals surface area contributed by atoms with Crippen LogP contribution < -0.4 is 10.4 Å². The Labute approximate surface area is 93.6 Å². The van der Waals surface area contributed by atoms with E-state index in [-0.39, 0.29) is 12.3 Å². The lowest BCUT2D eigenvalue weighted by atomic mass is 10.3. The molecule has 0 saturated heterocycles. The first-order valence-corrected chi connectivity index (χ1v) is 4.64. The predicted molar refractivity (Wildman–Crippen MR) is 56.0 cm³/mol. The molecular weight excluding hydrogens is 218 g/mol. The van der Waals surface area contributed by atoms with Crippen molar-refractivity contribution >= 4 is 31.3 Å². The number of hydrogen-bond donors (Lipinski definition) is 2. The molecule has 0 aliphatic carbocycles. The van der Waals surface area contributed by atoms with Crippen LogP contribution in [-0.4, -0.2) is 30.5 Å².